The summed E-state index contributed by atoms with van der Waals surface area (Å²) in [6.45, 7) is 6.00. The molecular formula is C17H20FN. The molecule has 19 heavy (non-hydrogen) atoms. The van der Waals surface area contributed by atoms with Gasteiger partial charge >= 0.3 is 0 Å². The summed E-state index contributed by atoms with van der Waals surface area (Å²) in [6, 6.07) is 13.1. The van der Waals surface area contributed by atoms with Crippen molar-refractivity contribution in [3.8, 4) is 0 Å². The van der Waals surface area contributed by atoms with E-state index >= 15 is 0 Å². The SMILES string of the molecule is Cc1cc(C)cc(CC(C)(N)c2ccccc2F)c1. The third kappa shape index (κ3) is 3.21. The molecule has 2 heteroatoms. The lowest BCUT2D eigenvalue weighted by molar-refractivity contribution is 0.457. The van der Waals surface area contributed by atoms with E-state index in [4.69, 9.17) is 5.73 Å². The number of aryl methyl sites for hydroxylation is 2. The van der Waals surface area contributed by atoms with E-state index in [9.17, 15) is 4.39 Å². The van der Waals surface area contributed by atoms with Crippen LogP contribution in [-0.4, -0.2) is 0 Å². The zero-order valence-corrected chi connectivity index (χ0v) is 11.7. The van der Waals surface area contributed by atoms with Crippen LogP contribution >= 0.6 is 0 Å². The Morgan fingerprint density at radius 1 is 1.05 bits per heavy atom. The second-order valence-corrected chi connectivity index (χ2v) is 5.57. The van der Waals surface area contributed by atoms with Crippen LogP contribution in [0, 0.1) is 19.7 Å². The fraction of sp³-hybridized carbons (Fsp3) is 0.294. The standard InChI is InChI=1S/C17H20FN/c1-12-8-13(2)10-14(9-12)11-17(3,19)15-6-4-5-7-16(15)18/h4-10H,11,19H2,1-3H3. The van der Waals surface area contributed by atoms with Gasteiger partial charge in [0.1, 0.15) is 5.82 Å². The molecule has 1 nitrogen and oxygen atoms in total. The predicted octanol–water partition coefficient (Wildman–Crippen LogP) is 3.86. The molecule has 2 aromatic carbocycles. The Bertz CT molecular complexity index is 567. The average Bonchev–Trinajstić information content (AvgIpc) is 2.26. The average molecular weight is 257 g/mol. The van der Waals surface area contributed by atoms with Crippen molar-refractivity contribution in [2.24, 2.45) is 5.73 Å². The normalized spacial score (nSPS) is 14.2. The maximum Gasteiger partial charge on any atom is 0.128 e. The fourth-order valence-corrected chi connectivity index (χ4v) is 2.61. The first kappa shape index (κ1) is 13.8. The van der Waals surface area contributed by atoms with Gasteiger partial charge in [-0.3, -0.25) is 0 Å². The first-order valence-electron chi connectivity index (χ1n) is 6.49. The van der Waals surface area contributed by atoms with Gasteiger partial charge in [-0.15, -0.1) is 0 Å². The predicted molar refractivity (Wildman–Crippen MR) is 77.6 cm³/mol. The lowest BCUT2D eigenvalue weighted by atomic mass is 9.85. The fourth-order valence-electron chi connectivity index (χ4n) is 2.61. The van der Waals surface area contributed by atoms with Crippen molar-refractivity contribution in [3.05, 3.63) is 70.5 Å². The Labute approximate surface area is 114 Å². The molecule has 0 saturated heterocycles. The minimum Gasteiger partial charge on any atom is -0.321 e. The maximum atomic E-state index is 13.9. The van der Waals surface area contributed by atoms with Gasteiger partial charge in [-0.25, -0.2) is 4.39 Å². The molecule has 0 amide bonds. The first-order valence-corrected chi connectivity index (χ1v) is 6.49. The van der Waals surface area contributed by atoms with Crippen LogP contribution in [0.3, 0.4) is 0 Å². The van der Waals surface area contributed by atoms with Gasteiger partial charge in [-0.05, 0) is 38.8 Å². The molecule has 0 spiro atoms. The van der Waals surface area contributed by atoms with Crippen LogP contribution in [0.25, 0.3) is 0 Å². The number of hydrogen-bond acceptors (Lipinski definition) is 1. The molecule has 0 fully saturated rings. The minimum absolute atomic E-state index is 0.239. The van der Waals surface area contributed by atoms with Gasteiger partial charge in [-0.2, -0.15) is 0 Å². The van der Waals surface area contributed by atoms with E-state index < -0.39 is 5.54 Å². The van der Waals surface area contributed by atoms with Crippen molar-refractivity contribution in [1.29, 1.82) is 0 Å². The summed E-state index contributed by atoms with van der Waals surface area (Å²) >= 11 is 0. The van der Waals surface area contributed by atoms with E-state index in [1.54, 1.807) is 12.1 Å². The maximum absolute atomic E-state index is 13.9. The Morgan fingerprint density at radius 2 is 1.63 bits per heavy atom. The van der Waals surface area contributed by atoms with E-state index in [1.807, 2.05) is 13.0 Å². The number of benzene rings is 2. The minimum atomic E-state index is -0.703. The first-order chi connectivity index (χ1) is 8.88. The van der Waals surface area contributed by atoms with E-state index in [2.05, 4.69) is 32.0 Å². The Morgan fingerprint density at radius 3 is 2.21 bits per heavy atom. The van der Waals surface area contributed by atoms with E-state index in [1.165, 1.54) is 17.2 Å². The highest BCUT2D eigenvalue weighted by Gasteiger charge is 2.24. The highest BCUT2D eigenvalue weighted by Crippen LogP contribution is 2.25. The van der Waals surface area contributed by atoms with E-state index in [-0.39, 0.29) is 5.82 Å². The zero-order valence-electron chi connectivity index (χ0n) is 11.7. The van der Waals surface area contributed by atoms with E-state index in [0.717, 1.165) is 5.56 Å². The lowest BCUT2D eigenvalue weighted by Crippen LogP contribution is -2.36. The summed E-state index contributed by atoms with van der Waals surface area (Å²) in [4.78, 5) is 0. The molecule has 1 unspecified atom stereocenters. The van der Waals surface area contributed by atoms with Crippen LogP contribution < -0.4 is 5.73 Å². The highest BCUT2D eigenvalue weighted by atomic mass is 19.1. The summed E-state index contributed by atoms with van der Waals surface area (Å²) in [5, 5.41) is 0. The Kier molecular flexibility index (Phi) is 3.72. The van der Waals surface area contributed by atoms with Crippen LogP contribution in [0.1, 0.15) is 29.2 Å². The smallest absolute Gasteiger partial charge is 0.128 e. The lowest BCUT2D eigenvalue weighted by Gasteiger charge is -2.26. The van der Waals surface area contributed by atoms with Crippen molar-refractivity contribution >= 4 is 0 Å². The topological polar surface area (TPSA) is 26.0 Å². The molecule has 0 heterocycles. The van der Waals surface area contributed by atoms with Crippen LogP contribution in [0.15, 0.2) is 42.5 Å². The Balaban J connectivity index is 2.33. The third-order valence-corrected chi connectivity index (χ3v) is 3.34. The quantitative estimate of drug-likeness (QED) is 0.887. The Hall–Kier alpha value is -1.67. The van der Waals surface area contributed by atoms with Gasteiger partial charge in [0.2, 0.25) is 0 Å². The van der Waals surface area contributed by atoms with Crippen LogP contribution in [0.2, 0.25) is 0 Å². The molecule has 1 atom stereocenters. The van der Waals surface area contributed by atoms with Gasteiger partial charge in [0.05, 0.1) is 0 Å². The van der Waals surface area contributed by atoms with Crippen LogP contribution in [0.4, 0.5) is 4.39 Å². The molecule has 0 saturated carbocycles. The number of rotatable bonds is 3. The van der Waals surface area contributed by atoms with Crippen LogP contribution in [-0.2, 0) is 12.0 Å². The molecule has 0 aromatic heterocycles. The zero-order chi connectivity index (χ0) is 14.0. The number of hydrogen-bond donors (Lipinski definition) is 1. The van der Waals surface area contributed by atoms with Gasteiger partial charge in [0, 0.05) is 11.1 Å². The summed E-state index contributed by atoms with van der Waals surface area (Å²) in [5.41, 5.74) is 9.75. The van der Waals surface area contributed by atoms with E-state index in [0.29, 0.717) is 12.0 Å². The summed E-state index contributed by atoms with van der Waals surface area (Å²) in [7, 11) is 0. The van der Waals surface area contributed by atoms with Gasteiger partial charge < -0.3 is 5.73 Å². The molecule has 2 aromatic rings. The number of nitrogens with two attached hydrogens (primary N) is 1. The molecule has 0 aliphatic heterocycles. The monoisotopic (exact) mass is 257 g/mol. The molecule has 2 N–H and O–H groups in total. The largest absolute Gasteiger partial charge is 0.321 e. The van der Waals surface area contributed by atoms with Crippen molar-refractivity contribution < 1.29 is 4.39 Å². The van der Waals surface area contributed by atoms with Crippen molar-refractivity contribution in [1.82, 2.24) is 0 Å². The highest BCUT2D eigenvalue weighted by molar-refractivity contribution is 5.33. The van der Waals surface area contributed by atoms with Crippen molar-refractivity contribution in [2.75, 3.05) is 0 Å². The van der Waals surface area contributed by atoms with Crippen LogP contribution in [0.5, 0.6) is 0 Å². The molecule has 0 bridgehead atoms. The molecule has 0 radical (unpaired) electrons. The van der Waals surface area contributed by atoms with Gasteiger partial charge in [0.25, 0.3) is 0 Å². The number of halogens is 1. The molecule has 100 valence electrons. The summed E-state index contributed by atoms with van der Waals surface area (Å²) < 4.78 is 13.9. The second-order valence-electron chi connectivity index (χ2n) is 5.57. The molecule has 0 aliphatic carbocycles. The van der Waals surface area contributed by atoms with Crippen molar-refractivity contribution in [2.45, 2.75) is 32.7 Å². The molecular weight excluding hydrogens is 237 g/mol. The van der Waals surface area contributed by atoms with Gasteiger partial charge in [-0.1, -0.05) is 47.5 Å². The summed E-state index contributed by atoms with van der Waals surface area (Å²) in [5.74, 6) is -0.239. The van der Waals surface area contributed by atoms with Crippen molar-refractivity contribution in [3.63, 3.8) is 0 Å². The summed E-state index contributed by atoms with van der Waals surface area (Å²) in [6.07, 6.45) is 0.621. The third-order valence-electron chi connectivity index (χ3n) is 3.34. The second kappa shape index (κ2) is 5.14. The molecule has 2 rings (SSSR count). The molecule has 0 aliphatic rings. The van der Waals surface area contributed by atoms with Gasteiger partial charge in [0.15, 0.2) is 0 Å².